The second-order valence-electron chi connectivity index (χ2n) is 3.03. The molecule has 1 fully saturated rings. The van der Waals surface area contributed by atoms with Crippen molar-refractivity contribution < 1.29 is 14.4 Å². The molecule has 2 unspecified atom stereocenters. The summed E-state index contributed by atoms with van der Waals surface area (Å²) in [6.07, 6.45) is 2.39. The van der Waals surface area contributed by atoms with Gasteiger partial charge in [0.05, 0.1) is 11.8 Å². The van der Waals surface area contributed by atoms with Gasteiger partial charge in [-0.25, -0.2) is 0 Å². The molecule has 66 valence electrons. The average Bonchev–Trinajstić information content (AvgIpc) is 2.04. The van der Waals surface area contributed by atoms with E-state index in [0.29, 0.717) is 19.1 Å². The van der Waals surface area contributed by atoms with E-state index in [1.165, 1.54) is 0 Å². The maximum absolute atomic E-state index is 11.3. The maximum atomic E-state index is 11.3. The van der Waals surface area contributed by atoms with Crippen molar-refractivity contribution in [1.29, 1.82) is 0 Å². The Morgan fingerprint density at radius 2 is 2.17 bits per heavy atom. The normalized spacial score (nSPS) is 29.8. The lowest BCUT2D eigenvalue weighted by atomic mass is 9.80. The molecular formula is C8H11NO3. The molecular weight excluding hydrogens is 158 g/mol. The summed E-state index contributed by atoms with van der Waals surface area (Å²) < 4.78 is 0. The zero-order valence-corrected chi connectivity index (χ0v) is 6.66. The fourth-order valence-corrected chi connectivity index (χ4v) is 1.50. The zero-order chi connectivity index (χ0) is 9.14. The van der Waals surface area contributed by atoms with Gasteiger partial charge in [-0.15, -0.1) is 0 Å². The summed E-state index contributed by atoms with van der Waals surface area (Å²) in [4.78, 5) is 32.3. The number of carbonyl (C=O) groups is 3. The van der Waals surface area contributed by atoms with Crippen molar-refractivity contribution in [3.8, 4) is 0 Å². The van der Waals surface area contributed by atoms with Gasteiger partial charge in [0, 0.05) is 0 Å². The lowest BCUT2D eigenvalue weighted by molar-refractivity contribution is -0.138. The Morgan fingerprint density at radius 1 is 1.50 bits per heavy atom. The number of ketones is 1. The third-order valence-electron chi connectivity index (χ3n) is 2.22. The highest BCUT2D eigenvalue weighted by atomic mass is 16.2. The van der Waals surface area contributed by atoms with Gasteiger partial charge in [-0.1, -0.05) is 6.42 Å². The number of primary amides is 1. The van der Waals surface area contributed by atoms with Crippen LogP contribution in [0.4, 0.5) is 0 Å². The number of aldehydes is 1. The quantitative estimate of drug-likeness (QED) is 0.453. The predicted molar refractivity (Wildman–Crippen MR) is 41.1 cm³/mol. The first-order valence-electron chi connectivity index (χ1n) is 3.95. The second kappa shape index (κ2) is 3.47. The van der Waals surface area contributed by atoms with Gasteiger partial charge in [0.25, 0.3) is 0 Å². The van der Waals surface area contributed by atoms with Crippen LogP contribution in [0.5, 0.6) is 0 Å². The van der Waals surface area contributed by atoms with Crippen LogP contribution in [-0.2, 0) is 14.4 Å². The molecule has 1 rings (SSSR count). The molecule has 0 aromatic carbocycles. The fourth-order valence-electron chi connectivity index (χ4n) is 1.50. The van der Waals surface area contributed by atoms with Crippen molar-refractivity contribution in [1.82, 2.24) is 0 Å². The molecule has 1 aliphatic rings. The lowest BCUT2D eigenvalue weighted by Gasteiger charge is -2.21. The van der Waals surface area contributed by atoms with E-state index in [1.807, 2.05) is 0 Å². The van der Waals surface area contributed by atoms with E-state index in [-0.39, 0.29) is 5.78 Å². The number of amides is 1. The summed E-state index contributed by atoms with van der Waals surface area (Å²) in [5, 5.41) is 0. The van der Waals surface area contributed by atoms with Crippen molar-refractivity contribution in [2.75, 3.05) is 0 Å². The van der Waals surface area contributed by atoms with E-state index >= 15 is 0 Å². The van der Waals surface area contributed by atoms with E-state index in [2.05, 4.69) is 0 Å². The Labute approximate surface area is 70.1 Å². The Morgan fingerprint density at radius 3 is 2.67 bits per heavy atom. The van der Waals surface area contributed by atoms with Crippen molar-refractivity contribution in [3.05, 3.63) is 0 Å². The minimum absolute atomic E-state index is 0.302. The molecule has 2 atom stereocenters. The fraction of sp³-hybridized carbons (Fsp3) is 0.625. The van der Waals surface area contributed by atoms with Crippen LogP contribution in [0.25, 0.3) is 0 Å². The maximum Gasteiger partial charge on any atom is 0.228 e. The number of hydrogen-bond acceptors (Lipinski definition) is 3. The molecule has 0 bridgehead atoms. The Hall–Kier alpha value is -1.19. The molecule has 0 aliphatic heterocycles. The summed E-state index contributed by atoms with van der Waals surface area (Å²) in [6, 6.07) is 0. The largest absolute Gasteiger partial charge is 0.369 e. The first kappa shape index (κ1) is 8.90. The van der Waals surface area contributed by atoms with Crippen LogP contribution < -0.4 is 5.73 Å². The SMILES string of the molecule is NC(=O)C1CCCC(C=O)C1=O. The molecule has 1 amide bonds. The highest BCUT2D eigenvalue weighted by Crippen LogP contribution is 2.23. The Kier molecular flexibility index (Phi) is 2.58. The Bertz CT molecular complexity index is 224. The van der Waals surface area contributed by atoms with Gasteiger partial charge in [-0.3, -0.25) is 9.59 Å². The van der Waals surface area contributed by atoms with E-state index < -0.39 is 17.7 Å². The highest BCUT2D eigenvalue weighted by molar-refractivity contribution is 6.07. The van der Waals surface area contributed by atoms with Crippen molar-refractivity contribution in [2.24, 2.45) is 17.6 Å². The molecule has 0 aromatic rings. The van der Waals surface area contributed by atoms with Gasteiger partial charge in [-0.2, -0.15) is 0 Å². The number of carbonyl (C=O) groups excluding carboxylic acids is 3. The highest BCUT2D eigenvalue weighted by Gasteiger charge is 2.34. The average molecular weight is 169 g/mol. The van der Waals surface area contributed by atoms with Crippen LogP contribution in [0.3, 0.4) is 0 Å². The Balaban J connectivity index is 2.72. The van der Waals surface area contributed by atoms with Gasteiger partial charge >= 0.3 is 0 Å². The summed E-state index contributed by atoms with van der Waals surface area (Å²) in [6.45, 7) is 0. The number of nitrogens with two attached hydrogens (primary N) is 1. The van der Waals surface area contributed by atoms with Crippen LogP contribution in [0, 0.1) is 11.8 Å². The minimum atomic E-state index is -0.728. The molecule has 0 saturated heterocycles. The number of rotatable bonds is 2. The number of Topliss-reactive ketones (excluding diaryl/α,β-unsaturated/α-hetero) is 1. The third-order valence-corrected chi connectivity index (χ3v) is 2.22. The first-order chi connectivity index (χ1) is 5.66. The summed E-state index contributed by atoms with van der Waals surface area (Å²) in [5.74, 6) is -2.24. The minimum Gasteiger partial charge on any atom is -0.369 e. The summed E-state index contributed by atoms with van der Waals surface area (Å²) in [7, 11) is 0. The third kappa shape index (κ3) is 1.52. The van der Waals surface area contributed by atoms with Gasteiger partial charge in [0.1, 0.15) is 6.29 Å². The predicted octanol–water partition coefficient (Wildman–Crippen LogP) is -0.344. The van der Waals surface area contributed by atoms with E-state index in [1.54, 1.807) is 0 Å². The molecule has 0 radical (unpaired) electrons. The molecule has 4 nitrogen and oxygen atoms in total. The molecule has 1 saturated carbocycles. The van der Waals surface area contributed by atoms with E-state index in [0.717, 1.165) is 6.42 Å². The second-order valence-corrected chi connectivity index (χ2v) is 3.03. The number of hydrogen-bond donors (Lipinski definition) is 1. The van der Waals surface area contributed by atoms with Crippen molar-refractivity contribution in [3.63, 3.8) is 0 Å². The van der Waals surface area contributed by atoms with Crippen LogP contribution in [0.2, 0.25) is 0 Å². The van der Waals surface area contributed by atoms with E-state index in [4.69, 9.17) is 5.73 Å². The molecule has 0 heterocycles. The van der Waals surface area contributed by atoms with Crippen LogP contribution in [0.15, 0.2) is 0 Å². The van der Waals surface area contributed by atoms with Gasteiger partial charge in [0.2, 0.25) is 5.91 Å². The monoisotopic (exact) mass is 169 g/mol. The lowest BCUT2D eigenvalue weighted by Crippen LogP contribution is -2.38. The summed E-state index contributed by atoms with van der Waals surface area (Å²) in [5.41, 5.74) is 5.00. The molecule has 0 aromatic heterocycles. The van der Waals surface area contributed by atoms with E-state index in [9.17, 15) is 14.4 Å². The molecule has 4 heteroatoms. The standard InChI is InChI=1S/C8H11NO3/c9-8(12)6-3-1-2-5(4-10)7(6)11/h4-6H,1-3H2,(H2,9,12). The summed E-state index contributed by atoms with van der Waals surface area (Å²) >= 11 is 0. The zero-order valence-electron chi connectivity index (χ0n) is 6.66. The van der Waals surface area contributed by atoms with Crippen LogP contribution >= 0.6 is 0 Å². The molecule has 0 spiro atoms. The van der Waals surface area contributed by atoms with Crippen LogP contribution in [0.1, 0.15) is 19.3 Å². The van der Waals surface area contributed by atoms with Crippen molar-refractivity contribution >= 4 is 18.0 Å². The first-order valence-corrected chi connectivity index (χ1v) is 3.95. The van der Waals surface area contributed by atoms with Gasteiger partial charge in [-0.05, 0) is 12.8 Å². The molecule has 2 N–H and O–H groups in total. The topological polar surface area (TPSA) is 77.2 Å². The smallest absolute Gasteiger partial charge is 0.228 e. The van der Waals surface area contributed by atoms with Gasteiger partial charge in [0.15, 0.2) is 5.78 Å². The van der Waals surface area contributed by atoms with Crippen molar-refractivity contribution in [2.45, 2.75) is 19.3 Å². The molecule has 12 heavy (non-hydrogen) atoms. The molecule has 1 aliphatic carbocycles. The van der Waals surface area contributed by atoms with Crippen LogP contribution in [-0.4, -0.2) is 18.0 Å². The van der Waals surface area contributed by atoms with Gasteiger partial charge < -0.3 is 10.5 Å².